The van der Waals surface area contributed by atoms with E-state index in [0.717, 1.165) is 42.9 Å². The number of aromatic nitrogens is 2. The number of alkyl halides is 3. The highest BCUT2D eigenvalue weighted by Gasteiger charge is 2.39. The van der Waals surface area contributed by atoms with E-state index in [-0.39, 0.29) is 24.7 Å². The van der Waals surface area contributed by atoms with Gasteiger partial charge in [-0.05, 0) is 38.2 Å². The van der Waals surface area contributed by atoms with E-state index in [2.05, 4.69) is 5.10 Å². The maximum Gasteiger partial charge on any atom is 0.421 e. The third kappa shape index (κ3) is 2.97. The van der Waals surface area contributed by atoms with Crippen molar-refractivity contribution >= 4 is 0 Å². The maximum atomic E-state index is 13.2. The monoisotopic (exact) mass is 343 g/mol. The molecule has 5 nitrogen and oxygen atoms in total. The van der Waals surface area contributed by atoms with Crippen LogP contribution in [-0.4, -0.2) is 40.0 Å². The molecule has 0 radical (unpaired) electrons. The molecule has 1 aromatic heterocycles. The smallest absolute Gasteiger partial charge is 0.375 e. The fraction of sp³-hybridized carbons (Fsp3) is 0.750. The molecule has 8 heteroatoms. The summed E-state index contributed by atoms with van der Waals surface area (Å²) >= 11 is 0. The second-order valence-corrected chi connectivity index (χ2v) is 6.92. The van der Waals surface area contributed by atoms with Crippen LogP contribution in [0.1, 0.15) is 49.3 Å². The van der Waals surface area contributed by atoms with Crippen LogP contribution < -0.4 is 5.56 Å². The molecule has 0 spiro atoms. The van der Waals surface area contributed by atoms with Gasteiger partial charge in [-0.2, -0.15) is 18.3 Å². The Kier molecular flexibility index (Phi) is 3.91. The fourth-order valence-electron chi connectivity index (χ4n) is 3.79. The molecule has 0 amide bonds. The van der Waals surface area contributed by atoms with Gasteiger partial charge < -0.3 is 4.74 Å². The van der Waals surface area contributed by atoms with Crippen molar-refractivity contribution in [3.8, 4) is 0 Å². The van der Waals surface area contributed by atoms with Gasteiger partial charge in [0.05, 0.1) is 25.1 Å². The summed E-state index contributed by atoms with van der Waals surface area (Å²) in [6.45, 7) is 1.27. The van der Waals surface area contributed by atoms with Gasteiger partial charge in [0.1, 0.15) is 5.56 Å². The second-order valence-electron chi connectivity index (χ2n) is 6.92. The molecular formula is C16H20F3N3O2. The molecule has 1 saturated heterocycles. The van der Waals surface area contributed by atoms with Gasteiger partial charge in [-0.25, -0.2) is 4.68 Å². The van der Waals surface area contributed by atoms with Crippen LogP contribution in [0.15, 0.2) is 10.9 Å². The maximum absolute atomic E-state index is 13.2. The molecule has 4 rings (SSSR count). The molecule has 3 aliphatic rings. The molecule has 2 aliphatic carbocycles. The van der Waals surface area contributed by atoms with Gasteiger partial charge in [-0.1, -0.05) is 0 Å². The molecule has 1 aliphatic heterocycles. The molecule has 0 aromatic carbocycles. The molecular weight excluding hydrogens is 323 g/mol. The van der Waals surface area contributed by atoms with E-state index in [4.69, 9.17) is 4.74 Å². The number of hydrogen-bond acceptors (Lipinski definition) is 4. The Morgan fingerprint density at radius 3 is 2.75 bits per heavy atom. The lowest BCUT2D eigenvalue weighted by molar-refractivity contribution is -0.139. The number of halogens is 3. The van der Waals surface area contributed by atoms with E-state index < -0.39 is 17.3 Å². The lowest BCUT2D eigenvalue weighted by Gasteiger charge is -2.37. The number of fused-ring (bicyclic) bond motifs is 1. The molecule has 2 atom stereocenters. The van der Waals surface area contributed by atoms with Gasteiger partial charge in [0, 0.05) is 18.5 Å². The van der Waals surface area contributed by atoms with E-state index in [1.165, 1.54) is 0 Å². The van der Waals surface area contributed by atoms with Crippen molar-refractivity contribution in [1.82, 2.24) is 14.7 Å². The number of rotatable bonds is 3. The highest BCUT2D eigenvalue weighted by Crippen LogP contribution is 2.40. The van der Waals surface area contributed by atoms with Crippen molar-refractivity contribution in [2.75, 3.05) is 13.2 Å². The minimum atomic E-state index is -4.65. The summed E-state index contributed by atoms with van der Waals surface area (Å²) in [5, 5.41) is 4.24. The lowest BCUT2D eigenvalue weighted by Crippen LogP contribution is -2.50. The van der Waals surface area contributed by atoms with Crippen LogP contribution in [0.3, 0.4) is 0 Å². The zero-order chi connectivity index (χ0) is 16.9. The predicted octanol–water partition coefficient (Wildman–Crippen LogP) is 2.35. The van der Waals surface area contributed by atoms with Crippen molar-refractivity contribution in [2.24, 2.45) is 0 Å². The molecule has 2 saturated carbocycles. The van der Waals surface area contributed by atoms with Crippen LogP contribution in [0.2, 0.25) is 0 Å². The van der Waals surface area contributed by atoms with Crippen LogP contribution in [-0.2, 0) is 17.6 Å². The predicted molar refractivity (Wildman–Crippen MR) is 79.6 cm³/mol. The normalized spacial score (nSPS) is 28.1. The second kappa shape index (κ2) is 5.84. The SMILES string of the molecule is O=c1c(C(F)(F)F)cc(C2CC2)nn1CN1CCO[C@@H]2CCC[C@H]21. The average molecular weight is 343 g/mol. The van der Waals surface area contributed by atoms with Crippen LogP contribution >= 0.6 is 0 Å². The van der Waals surface area contributed by atoms with Crippen molar-refractivity contribution < 1.29 is 17.9 Å². The van der Waals surface area contributed by atoms with Crippen LogP contribution in [0.25, 0.3) is 0 Å². The number of morpholine rings is 1. The Balaban J connectivity index is 1.66. The molecule has 24 heavy (non-hydrogen) atoms. The average Bonchev–Trinajstić information content (AvgIpc) is 3.25. The van der Waals surface area contributed by atoms with Gasteiger partial charge in [0.15, 0.2) is 0 Å². The zero-order valence-corrected chi connectivity index (χ0v) is 13.3. The summed E-state index contributed by atoms with van der Waals surface area (Å²) in [6, 6.07) is 1.11. The van der Waals surface area contributed by atoms with E-state index in [1.54, 1.807) is 0 Å². The fourth-order valence-corrected chi connectivity index (χ4v) is 3.79. The third-order valence-corrected chi connectivity index (χ3v) is 5.21. The van der Waals surface area contributed by atoms with E-state index in [0.29, 0.717) is 18.8 Å². The summed E-state index contributed by atoms with van der Waals surface area (Å²) in [7, 11) is 0. The Bertz CT molecular complexity index is 684. The van der Waals surface area contributed by atoms with Gasteiger partial charge in [0.25, 0.3) is 5.56 Å². The first kappa shape index (κ1) is 16.1. The standard InChI is InChI=1S/C16H20F3N3O2/c17-16(18,19)11-8-12(10-4-5-10)20-22(15(11)23)9-21-6-7-24-14-3-1-2-13(14)21/h8,10,13-14H,1-7,9H2/t13-,14-/m1/s1. The minimum absolute atomic E-state index is 0.0573. The Labute approximate surface area is 137 Å². The van der Waals surface area contributed by atoms with Crippen molar-refractivity contribution in [1.29, 1.82) is 0 Å². The minimum Gasteiger partial charge on any atom is -0.375 e. The van der Waals surface area contributed by atoms with Crippen LogP contribution in [0.5, 0.6) is 0 Å². The Morgan fingerprint density at radius 1 is 1.25 bits per heavy atom. The lowest BCUT2D eigenvalue weighted by atomic mass is 10.1. The summed E-state index contributed by atoms with van der Waals surface area (Å²) in [6.07, 6.45) is 0.127. The summed E-state index contributed by atoms with van der Waals surface area (Å²) in [4.78, 5) is 14.3. The first-order chi connectivity index (χ1) is 11.4. The number of nitrogens with zero attached hydrogens (tertiary/aromatic N) is 3. The highest BCUT2D eigenvalue weighted by molar-refractivity contribution is 5.22. The van der Waals surface area contributed by atoms with Crippen LogP contribution in [0, 0.1) is 0 Å². The van der Waals surface area contributed by atoms with Crippen molar-refractivity contribution in [2.45, 2.75) is 63.0 Å². The quantitative estimate of drug-likeness (QED) is 0.845. The first-order valence-electron chi connectivity index (χ1n) is 8.48. The summed E-state index contributed by atoms with van der Waals surface area (Å²) in [5.74, 6) is 0.0573. The Hall–Kier alpha value is -1.41. The molecule has 0 N–H and O–H groups in total. The summed E-state index contributed by atoms with van der Waals surface area (Å²) in [5.41, 5.74) is -1.76. The van der Waals surface area contributed by atoms with Gasteiger partial charge in [0.2, 0.25) is 0 Å². The molecule has 0 unspecified atom stereocenters. The molecule has 1 aromatic rings. The van der Waals surface area contributed by atoms with Crippen molar-refractivity contribution in [3.05, 3.63) is 27.7 Å². The van der Waals surface area contributed by atoms with E-state index in [9.17, 15) is 18.0 Å². The van der Waals surface area contributed by atoms with Gasteiger partial charge in [-0.15, -0.1) is 0 Å². The number of ether oxygens (including phenoxy) is 1. The summed E-state index contributed by atoms with van der Waals surface area (Å²) < 4.78 is 46.4. The molecule has 2 heterocycles. The van der Waals surface area contributed by atoms with Gasteiger partial charge >= 0.3 is 6.18 Å². The first-order valence-corrected chi connectivity index (χ1v) is 8.48. The largest absolute Gasteiger partial charge is 0.421 e. The zero-order valence-electron chi connectivity index (χ0n) is 13.3. The highest BCUT2D eigenvalue weighted by atomic mass is 19.4. The molecule has 3 fully saturated rings. The van der Waals surface area contributed by atoms with Crippen LogP contribution in [0.4, 0.5) is 13.2 Å². The Morgan fingerprint density at radius 2 is 2.04 bits per heavy atom. The van der Waals surface area contributed by atoms with E-state index >= 15 is 0 Å². The third-order valence-electron chi connectivity index (χ3n) is 5.21. The molecule has 0 bridgehead atoms. The topological polar surface area (TPSA) is 47.4 Å². The van der Waals surface area contributed by atoms with Crippen molar-refractivity contribution in [3.63, 3.8) is 0 Å². The molecule has 132 valence electrons. The van der Waals surface area contributed by atoms with E-state index in [1.807, 2.05) is 4.90 Å². The number of hydrogen-bond donors (Lipinski definition) is 0. The van der Waals surface area contributed by atoms with Gasteiger partial charge in [-0.3, -0.25) is 9.69 Å².